The van der Waals surface area contributed by atoms with Crippen LogP contribution in [0.4, 0.5) is 0 Å². The third-order valence-corrected chi connectivity index (χ3v) is 4.13. The summed E-state index contributed by atoms with van der Waals surface area (Å²) in [5.74, 6) is 0.103. The van der Waals surface area contributed by atoms with E-state index in [1.807, 2.05) is 12.1 Å². The molecular formula is C21H19ClN2O4. The van der Waals surface area contributed by atoms with Crippen molar-refractivity contribution in [1.82, 2.24) is 10.6 Å². The quantitative estimate of drug-likeness (QED) is 0.567. The van der Waals surface area contributed by atoms with Crippen LogP contribution in [0.15, 0.2) is 71.3 Å². The number of benzene rings is 2. The highest BCUT2D eigenvalue weighted by Crippen LogP contribution is 2.20. The second kappa shape index (κ2) is 9.62. The maximum absolute atomic E-state index is 12.5. The van der Waals surface area contributed by atoms with E-state index in [1.165, 1.54) is 6.26 Å². The summed E-state index contributed by atoms with van der Waals surface area (Å²) >= 11 is 5.88. The molecule has 6 nitrogen and oxygen atoms in total. The molecule has 3 rings (SSSR count). The molecule has 2 N–H and O–H groups in total. The smallest absolute Gasteiger partial charge is 0.287 e. The number of rotatable bonds is 8. The van der Waals surface area contributed by atoms with Crippen LogP contribution in [0.1, 0.15) is 26.5 Å². The molecule has 2 amide bonds. The molecule has 3 aromatic rings. The SMILES string of the molecule is O=C(NCCNC(=O)c1ccccc1OCc1ccc(Cl)cc1)c1ccco1. The van der Waals surface area contributed by atoms with E-state index in [0.29, 0.717) is 22.9 Å². The van der Waals surface area contributed by atoms with E-state index in [1.54, 1.807) is 48.5 Å². The summed E-state index contributed by atoms with van der Waals surface area (Å²) in [6.45, 7) is 0.872. The maximum Gasteiger partial charge on any atom is 0.287 e. The molecule has 0 unspecified atom stereocenters. The van der Waals surface area contributed by atoms with Gasteiger partial charge in [-0.2, -0.15) is 0 Å². The molecule has 28 heavy (non-hydrogen) atoms. The van der Waals surface area contributed by atoms with Gasteiger partial charge in [-0.3, -0.25) is 9.59 Å². The van der Waals surface area contributed by atoms with Crippen molar-refractivity contribution in [2.24, 2.45) is 0 Å². The van der Waals surface area contributed by atoms with Gasteiger partial charge < -0.3 is 19.8 Å². The van der Waals surface area contributed by atoms with Gasteiger partial charge in [-0.05, 0) is 42.0 Å². The van der Waals surface area contributed by atoms with Crippen LogP contribution in [0.3, 0.4) is 0 Å². The zero-order chi connectivity index (χ0) is 19.8. The average Bonchev–Trinajstić information content (AvgIpc) is 3.26. The van der Waals surface area contributed by atoms with Gasteiger partial charge in [0.1, 0.15) is 12.4 Å². The number of halogens is 1. The Morgan fingerprint density at radius 2 is 1.61 bits per heavy atom. The first-order valence-electron chi connectivity index (χ1n) is 8.69. The van der Waals surface area contributed by atoms with Crippen LogP contribution in [0.2, 0.25) is 5.02 Å². The number of amides is 2. The van der Waals surface area contributed by atoms with Gasteiger partial charge in [0.25, 0.3) is 11.8 Å². The van der Waals surface area contributed by atoms with E-state index in [-0.39, 0.29) is 30.7 Å². The fourth-order valence-corrected chi connectivity index (χ4v) is 2.59. The number of ether oxygens (including phenoxy) is 1. The second-order valence-electron chi connectivity index (χ2n) is 5.90. The van der Waals surface area contributed by atoms with Crippen molar-refractivity contribution in [1.29, 1.82) is 0 Å². The number of nitrogens with one attached hydrogen (secondary N) is 2. The van der Waals surface area contributed by atoms with Crippen LogP contribution < -0.4 is 15.4 Å². The molecule has 1 heterocycles. The van der Waals surface area contributed by atoms with E-state index in [4.69, 9.17) is 20.8 Å². The molecule has 144 valence electrons. The van der Waals surface area contributed by atoms with Gasteiger partial charge in [-0.15, -0.1) is 0 Å². The highest BCUT2D eigenvalue weighted by Gasteiger charge is 2.12. The molecular weight excluding hydrogens is 380 g/mol. The lowest BCUT2D eigenvalue weighted by atomic mass is 10.2. The third kappa shape index (κ3) is 5.37. The van der Waals surface area contributed by atoms with E-state index in [2.05, 4.69) is 10.6 Å². The van der Waals surface area contributed by atoms with Gasteiger partial charge in [0.2, 0.25) is 0 Å². The van der Waals surface area contributed by atoms with Gasteiger partial charge in [0.15, 0.2) is 5.76 Å². The topological polar surface area (TPSA) is 80.6 Å². The van der Waals surface area contributed by atoms with Gasteiger partial charge in [-0.1, -0.05) is 35.9 Å². The molecule has 0 saturated heterocycles. The summed E-state index contributed by atoms with van der Waals surface area (Å²) in [5.41, 5.74) is 1.37. The summed E-state index contributed by atoms with van der Waals surface area (Å²) in [7, 11) is 0. The molecule has 0 spiro atoms. The Kier molecular flexibility index (Phi) is 6.70. The number of hydrogen-bond donors (Lipinski definition) is 2. The average molecular weight is 399 g/mol. The number of carbonyl (C=O) groups is 2. The van der Waals surface area contributed by atoms with Gasteiger partial charge in [0, 0.05) is 18.1 Å². The van der Waals surface area contributed by atoms with Gasteiger partial charge in [-0.25, -0.2) is 0 Å². The molecule has 0 aliphatic rings. The number of carbonyl (C=O) groups excluding carboxylic acids is 2. The predicted molar refractivity (Wildman–Crippen MR) is 106 cm³/mol. The van der Waals surface area contributed by atoms with Gasteiger partial charge >= 0.3 is 0 Å². The zero-order valence-corrected chi connectivity index (χ0v) is 15.7. The lowest BCUT2D eigenvalue weighted by molar-refractivity contribution is 0.0909. The van der Waals surface area contributed by atoms with Crippen molar-refractivity contribution in [2.45, 2.75) is 6.61 Å². The first-order valence-corrected chi connectivity index (χ1v) is 9.07. The predicted octanol–water partition coefficient (Wildman–Crippen LogP) is 3.67. The molecule has 0 aliphatic heterocycles. The van der Waals surface area contributed by atoms with E-state index < -0.39 is 0 Å². The van der Waals surface area contributed by atoms with E-state index in [0.717, 1.165) is 5.56 Å². The highest BCUT2D eigenvalue weighted by atomic mass is 35.5. The number of hydrogen-bond acceptors (Lipinski definition) is 4. The van der Waals surface area contributed by atoms with Crippen LogP contribution in [0, 0.1) is 0 Å². The molecule has 0 fully saturated rings. The van der Waals surface area contributed by atoms with Crippen molar-refractivity contribution in [3.05, 3.63) is 88.8 Å². The fourth-order valence-electron chi connectivity index (χ4n) is 2.46. The van der Waals surface area contributed by atoms with Crippen molar-refractivity contribution < 1.29 is 18.7 Å². The largest absolute Gasteiger partial charge is 0.488 e. The van der Waals surface area contributed by atoms with Crippen molar-refractivity contribution in [2.75, 3.05) is 13.1 Å². The summed E-state index contributed by atoms with van der Waals surface area (Å²) in [6.07, 6.45) is 1.43. The van der Waals surface area contributed by atoms with Crippen LogP contribution in [0.5, 0.6) is 5.75 Å². The van der Waals surface area contributed by atoms with Crippen molar-refractivity contribution >= 4 is 23.4 Å². The lowest BCUT2D eigenvalue weighted by Gasteiger charge is -2.12. The zero-order valence-electron chi connectivity index (χ0n) is 15.0. The minimum Gasteiger partial charge on any atom is -0.488 e. The number of furan rings is 1. The molecule has 0 saturated carbocycles. The molecule has 1 aromatic heterocycles. The Morgan fingerprint density at radius 1 is 0.893 bits per heavy atom. The Balaban J connectivity index is 1.50. The fraction of sp³-hybridized carbons (Fsp3) is 0.143. The normalized spacial score (nSPS) is 10.3. The minimum absolute atomic E-state index is 0.229. The Morgan fingerprint density at radius 3 is 2.32 bits per heavy atom. The highest BCUT2D eigenvalue weighted by molar-refractivity contribution is 6.30. The van der Waals surface area contributed by atoms with Crippen LogP contribution in [-0.2, 0) is 6.61 Å². The minimum atomic E-state index is -0.328. The Labute approximate surface area is 167 Å². The van der Waals surface area contributed by atoms with E-state index >= 15 is 0 Å². The monoisotopic (exact) mass is 398 g/mol. The van der Waals surface area contributed by atoms with Crippen molar-refractivity contribution in [3.8, 4) is 5.75 Å². The summed E-state index contributed by atoms with van der Waals surface area (Å²) in [4.78, 5) is 24.2. The standard InChI is InChI=1S/C21H19ClN2O4/c22-16-9-7-15(8-10-16)14-28-18-5-2-1-4-17(18)20(25)23-11-12-24-21(26)19-6-3-13-27-19/h1-10,13H,11-12,14H2,(H,23,25)(H,24,26). The van der Waals surface area contributed by atoms with Gasteiger partial charge in [0.05, 0.1) is 11.8 Å². The molecule has 0 aliphatic carbocycles. The van der Waals surface area contributed by atoms with Crippen molar-refractivity contribution in [3.63, 3.8) is 0 Å². The third-order valence-electron chi connectivity index (χ3n) is 3.88. The molecule has 0 atom stereocenters. The van der Waals surface area contributed by atoms with Crippen LogP contribution >= 0.6 is 11.6 Å². The first-order chi connectivity index (χ1) is 13.6. The maximum atomic E-state index is 12.5. The van der Waals surface area contributed by atoms with E-state index in [9.17, 15) is 9.59 Å². The molecule has 7 heteroatoms. The summed E-state index contributed by atoms with van der Waals surface area (Å²) in [5, 5.41) is 6.09. The Hall–Kier alpha value is -3.25. The van der Waals surface area contributed by atoms with Crippen LogP contribution in [0.25, 0.3) is 0 Å². The molecule has 0 bridgehead atoms. The number of para-hydroxylation sites is 1. The Bertz CT molecular complexity index is 924. The summed E-state index contributed by atoms with van der Waals surface area (Å²) in [6, 6.07) is 17.5. The molecule has 0 radical (unpaired) electrons. The summed E-state index contributed by atoms with van der Waals surface area (Å²) < 4.78 is 10.8. The first kappa shape index (κ1) is 19.5. The second-order valence-corrected chi connectivity index (χ2v) is 6.34. The molecule has 2 aromatic carbocycles. The lowest BCUT2D eigenvalue weighted by Crippen LogP contribution is -2.34. The van der Waals surface area contributed by atoms with Crippen LogP contribution in [-0.4, -0.2) is 24.9 Å².